The molecule has 1 aliphatic heterocycles. The van der Waals surface area contributed by atoms with E-state index in [4.69, 9.17) is 9.47 Å². The summed E-state index contributed by atoms with van der Waals surface area (Å²) in [5, 5.41) is 9.95. The molecule has 0 saturated carbocycles. The molecule has 1 heterocycles. The maximum atomic E-state index is 9.95. The third-order valence-corrected chi connectivity index (χ3v) is 4.31. The highest BCUT2D eigenvalue weighted by atomic mass is 16.7. The quantitative estimate of drug-likeness (QED) is 0.441. The van der Waals surface area contributed by atoms with E-state index in [1.165, 1.54) is 17.6 Å². The Morgan fingerprint density at radius 1 is 1.19 bits per heavy atom. The third-order valence-electron chi connectivity index (χ3n) is 4.31. The van der Waals surface area contributed by atoms with Crippen molar-refractivity contribution >= 4 is 0 Å². The zero-order valence-electron chi connectivity index (χ0n) is 17.4. The molecule has 1 aliphatic rings. The fraction of sp³-hybridized carbons (Fsp3) is 0.739. The third kappa shape index (κ3) is 12.3. The van der Waals surface area contributed by atoms with Gasteiger partial charge in [-0.1, -0.05) is 35.1 Å². The summed E-state index contributed by atoms with van der Waals surface area (Å²) in [6, 6.07) is 0. The van der Waals surface area contributed by atoms with Gasteiger partial charge in [0.1, 0.15) is 6.10 Å². The van der Waals surface area contributed by atoms with Crippen molar-refractivity contribution in [2.24, 2.45) is 5.41 Å². The summed E-state index contributed by atoms with van der Waals surface area (Å²) in [5.41, 5.74) is 2.62. The Labute approximate surface area is 160 Å². The molecule has 0 aromatic heterocycles. The zero-order chi connectivity index (χ0) is 19.4. The molecular weight excluding hydrogens is 324 g/mol. The Morgan fingerprint density at radius 2 is 1.92 bits per heavy atom. The van der Waals surface area contributed by atoms with Gasteiger partial charge in [0.25, 0.3) is 0 Å². The lowest BCUT2D eigenvalue weighted by Crippen LogP contribution is -2.22. The van der Waals surface area contributed by atoms with E-state index in [1.54, 1.807) is 0 Å². The smallest absolute Gasteiger partial charge is 0.157 e. The summed E-state index contributed by atoms with van der Waals surface area (Å²) in [7, 11) is 0. The van der Waals surface area contributed by atoms with Crippen molar-refractivity contribution in [2.45, 2.75) is 92.0 Å². The summed E-state index contributed by atoms with van der Waals surface area (Å²) in [6.07, 6.45) is 10.9. The number of rotatable bonds is 9. The maximum Gasteiger partial charge on any atom is 0.157 e. The van der Waals surface area contributed by atoms with Crippen LogP contribution >= 0.6 is 0 Å². The molecule has 1 N–H and O–H groups in total. The van der Waals surface area contributed by atoms with Crippen molar-refractivity contribution < 1.29 is 14.6 Å². The van der Waals surface area contributed by atoms with Gasteiger partial charge < -0.3 is 14.6 Å². The first kappa shape index (κ1) is 23.0. The average Bonchev–Trinajstić information content (AvgIpc) is 2.58. The van der Waals surface area contributed by atoms with Crippen LogP contribution in [0.5, 0.6) is 0 Å². The summed E-state index contributed by atoms with van der Waals surface area (Å²) < 4.78 is 11.3. The van der Waals surface area contributed by atoms with Gasteiger partial charge in [-0.15, -0.1) is 0 Å². The van der Waals surface area contributed by atoms with Gasteiger partial charge in [-0.2, -0.15) is 0 Å². The van der Waals surface area contributed by atoms with Gasteiger partial charge in [0.15, 0.2) is 6.29 Å². The highest BCUT2D eigenvalue weighted by molar-refractivity contribution is 5.12. The second kappa shape index (κ2) is 12.3. The van der Waals surface area contributed by atoms with E-state index in [0.29, 0.717) is 13.0 Å². The first-order chi connectivity index (χ1) is 12.3. The molecule has 0 amide bonds. The molecule has 1 rings (SSSR count). The molecule has 0 aromatic rings. The number of aliphatic hydroxyl groups is 1. The molecule has 2 unspecified atom stereocenters. The van der Waals surface area contributed by atoms with Crippen molar-refractivity contribution in [3.8, 4) is 11.8 Å². The van der Waals surface area contributed by atoms with Crippen LogP contribution in [0.2, 0.25) is 0 Å². The van der Waals surface area contributed by atoms with E-state index in [2.05, 4.69) is 58.6 Å². The fourth-order valence-corrected chi connectivity index (χ4v) is 2.63. The number of allylic oxidation sites excluding steroid dienone is 3. The van der Waals surface area contributed by atoms with Crippen LogP contribution in [0.25, 0.3) is 0 Å². The van der Waals surface area contributed by atoms with Gasteiger partial charge in [0.05, 0.1) is 6.61 Å². The highest BCUT2D eigenvalue weighted by Crippen LogP contribution is 2.15. The van der Waals surface area contributed by atoms with Crippen molar-refractivity contribution in [1.82, 2.24) is 0 Å². The van der Waals surface area contributed by atoms with E-state index >= 15 is 0 Å². The second-order valence-electron chi connectivity index (χ2n) is 8.34. The van der Waals surface area contributed by atoms with Gasteiger partial charge in [0, 0.05) is 12.0 Å². The number of ether oxygens (including phenoxy) is 2. The summed E-state index contributed by atoms with van der Waals surface area (Å²) >= 11 is 0. The molecule has 0 spiro atoms. The molecule has 2 atom stereocenters. The average molecular weight is 363 g/mol. The van der Waals surface area contributed by atoms with E-state index in [1.807, 2.05) is 0 Å². The van der Waals surface area contributed by atoms with Crippen LogP contribution in [0.4, 0.5) is 0 Å². The molecule has 0 aromatic carbocycles. The molecule has 3 nitrogen and oxygen atoms in total. The first-order valence-electron chi connectivity index (χ1n) is 10.0. The topological polar surface area (TPSA) is 38.7 Å². The summed E-state index contributed by atoms with van der Waals surface area (Å²) in [6.45, 7) is 11.9. The molecule has 1 fully saturated rings. The number of hydrogen-bond acceptors (Lipinski definition) is 3. The number of hydrogen-bond donors (Lipinski definition) is 1. The number of aliphatic hydroxyl groups excluding tert-OH is 1. The van der Waals surface area contributed by atoms with Gasteiger partial charge in [-0.3, -0.25) is 0 Å². The van der Waals surface area contributed by atoms with Gasteiger partial charge in [-0.05, 0) is 79.6 Å². The van der Waals surface area contributed by atoms with Crippen LogP contribution in [0.3, 0.4) is 0 Å². The predicted octanol–water partition coefficient (Wildman–Crippen LogP) is 5.39. The lowest BCUT2D eigenvalue weighted by atomic mass is 9.97. The molecule has 0 radical (unpaired) electrons. The molecule has 0 bridgehead atoms. The van der Waals surface area contributed by atoms with Crippen LogP contribution in [-0.4, -0.2) is 30.7 Å². The lowest BCUT2D eigenvalue weighted by Gasteiger charge is -2.22. The van der Waals surface area contributed by atoms with Crippen LogP contribution in [0.1, 0.15) is 79.6 Å². The monoisotopic (exact) mass is 362 g/mol. The minimum atomic E-state index is -0.529. The standard InChI is InChI=1S/C23H38O3/c1-19(12-13-21(24)14-16-23(3,4)5)9-8-10-20(2)15-18-26-22-11-6-7-17-25-22/h9,15,21-22,24H,6-8,10-13,17-18H2,1-5H3. The van der Waals surface area contributed by atoms with Crippen LogP contribution in [0.15, 0.2) is 23.3 Å². The summed E-state index contributed by atoms with van der Waals surface area (Å²) in [5.74, 6) is 6.05. The van der Waals surface area contributed by atoms with Gasteiger partial charge in [0.2, 0.25) is 0 Å². The van der Waals surface area contributed by atoms with Crippen LogP contribution in [-0.2, 0) is 9.47 Å². The first-order valence-corrected chi connectivity index (χ1v) is 10.0. The second-order valence-corrected chi connectivity index (χ2v) is 8.34. The lowest BCUT2D eigenvalue weighted by molar-refractivity contribution is -0.155. The predicted molar refractivity (Wildman–Crippen MR) is 109 cm³/mol. The zero-order valence-corrected chi connectivity index (χ0v) is 17.4. The Bertz CT molecular complexity index is 508. The Balaban J connectivity index is 2.20. The van der Waals surface area contributed by atoms with Crippen molar-refractivity contribution in [1.29, 1.82) is 0 Å². The van der Waals surface area contributed by atoms with Crippen LogP contribution < -0.4 is 0 Å². The highest BCUT2D eigenvalue weighted by Gasteiger charge is 2.12. The van der Waals surface area contributed by atoms with E-state index in [-0.39, 0.29) is 11.7 Å². The SMILES string of the molecule is CC(=CCOC1CCCCO1)CCC=C(C)CCC(O)C#CC(C)(C)C. The van der Waals surface area contributed by atoms with E-state index in [9.17, 15) is 5.11 Å². The molecule has 0 aliphatic carbocycles. The molecular formula is C23H38O3. The van der Waals surface area contributed by atoms with Crippen molar-refractivity contribution in [3.63, 3.8) is 0 Å². The molecule has 148 valence electrons. The Morgan fingerprint density at radius 3 is 2.58 bits per heavy atom. The van der Waals surface area contributed by atoms with Crippen LogP contribution in [0, 0.1) is 17.3 Å². The van der Waals surface area contributed by atoms with Gasteiger partial charge in [-0.25, -0.2) is 0 Å². The minimum absolute atomic E-state index is 0.0113. The Hall–Kier alpha value is -1.08. The molecule has 26 heavy (non-hydrogen) atoms. The molecule has 3 heteroatoms. The van der Waals surface area contributed by atoms with Crippen molar-refractivity contribution in [3.05, 3.63) is 23.3 Å². The maximum absolute atomic E-state index is 9.95. The minimum Gasteiger partial charge on any atom is -0.380 e. The van der Waals surface area contributed by atoms with Gasteiger partial charge >= 0.3 is 0 Å². The largest absolute Gasteiger partial charge is 0.380 e. The Kier molecular flexibility index (Phi) is 10.9. The fourth-order valence-electron chi connectivity index (χ4n) is 2.63. The summed E-state index contributed by atoms with van der Waals surface area (Å²) in [4.78, 5) is 0. The van der Waals surface area contributed by atoms with E-state index < -0.39 is 6.10 Å². The van der Waals surface area contributed by atoms with E-state index in [0.717, 1.165) is 38.7 Å². The molecule has 1 saturated heterocycles. The van der Waals surface area contributed by atoms with Crippen molar-refractivity contribution in [2.75, 3.05) is 13.2 Å². The normalized spacial score (nSPS) is 20.5.